The molecule has 0 spiro atoms. The summed E-state index contributed by atoms with van der Waals surface area (Å²) in [6.07, 6.45) is 0. The Morgan fingerprint density at radius 2 is 1.95 bits per heavy atom. The van der Waals surface area contributed by atoms with E-state index in [1.165, 1.54) is 6.07 Å². The van der Waals surface area contributed by atoms with Crippen LogP contribution in [-0.2, 0) is 0 Å². The minimum atomic E-state index is -0.440. The van der Waals surface area contributed by atoms with Gasteiger partial charge in [0.15, 0.2) is 4.77 Å². The second-order valence-corrected chi connectivity index (χ2v) is 5.23. The molecule has 0 bridgehead atoms. The van der Waals surface area contributed by atoms with Crippen molar-refractivity contribution in [1.29, 1.82) is 0 Å². The van der Waals surface area contributed by atoms with Crippen LogP contribution < -0.4 is 0 Å². The van der Waals surface area contributed by atoms with Crippen LogP contribution in [0.1, 0.15) is 0 Å². The van der Waals surface area contributed by atoms with Gasteiger partial charge in [0, 0.05) is 5.02 Å². The Balaban J connectivity index is 2.40. The summed E-state index contributed by atoms with van der Waals surface area (Å²) >= 11 is 17.1. The summed E-state index contributed by atoms with van der Waals surface area (Å²) in [5.74, 6) is -0.440. The van der Waals surface area contributed by atoms with Gasteiger partial charge < -0.3 is 4.98 Å². The zero-order chi connectivity index (χ0) is 13.6. The minimum Gasteiger partial charge on any atom is -0.329 e. The average molecular weight is 313 g/mol. The van der Waals surface area contributed by atoms with Crippen molar-refractivity contribution in [2.24, 2.45) is 0 Å². The van der Waals surface area contributed by atoms with E-state index in [1.807, 2.05) is 6.07 Å². The van der Waals surface area contributed by atoms with Crippen LogP contribution in [0.2, 0.25) is 10.0 Å². The van der Waals surface area contributed by atoms with E-state index in [0.29, 0.717) is 26.0 Å². The topological polar surface area (TPSA) is 20.7 Å². The van der Waals surface area contributed by atoms with Gasteiger partial charge in [0.25, 0.3) is 0 Å². The number of aromatic amines is 1. The first kappa shape index (κ1) is 12.7. The molecule has 2 aromatic carbocycles. The Hall–Kier alpha value is -1.36. The maximum Gasteiger partial charge on any atom is 0.182 e. The Morgan fingerprint density at radius 1 is 1.16 bits per heavy atom. The number of aromatic nitrogens is 2. The van der Waals surface area contributed by atoms with Crippen molar-refractivity contribution in [3.8, 4) is 5.69 Å². The molecule has 0 saturated heterocycles. The van der Waals surface area contributed by atoms with E-state index in [2.05, 4.69) is 4.98 Å². The first-order valence-electron chi connectivity index (χ1n) is 5.42. The molecule has 6 heteroatoms. The summed E-state index contributed by atoms with van der Waals surface area (Å²) in [6.45, 7) is 0. The molecule has 0 aliphatic heterocycles. The second-order valence-electron chi connectivity index (χ2n) is 4.00. The smallest absolute Gasteiger partial charge is 0.182 e. The number of benzene rings is 2. The van der Waals surface area contributed by atoms with E-state index >= 15 is 0 Å². The molecule has 0 radical (unpaired) electrons. The molecule has 0 aliphatic rings. The summed E-state index contributed by atoms with van der Waals surface area (Å²) in [5.41, 5.74) is 1.74. The standard InChI is InChI=1S/C13H7Cl2FN2S/c14-7-4-5-10(9(16)6-7)18-11-3-1-2-8(15)12(11)17-13(18)19/h1-6H,(H,17,19). The number of imidazole rings is 1. The number of hydrogen-bond donors (Lipinski definition) is 1. The number of nitrogens with one attached hydrogen (secondary N) is 1. The molecule has 1 aromatic heterocycles. The van der Waals surface area contributed by atoms with E-state index in [4.69, 9.17) is 35.4 Å². The molecular formula is C13H7Cl2FN2S. The van der Waals surface area contributed by atoms with Crippen molar-refractivity contribution >= 4 is 46.5 Å². The lowest BCUT2D eigenvalue weighted by molar-refractivity contribution is 0.619. The van der Waals surface area contributed by atoms with Gasteiger partial charge in [0.1, 0.15) is 5.82 Å². The SMILES string of the molecule is Fc1cc(Cl)ccc1-n1c(=S)[nH]c2c(Cl)cccc21. The Labute approximate surface area is 123 Å². The fourth-order valence-electron chi connectivity index (χ4n) is 2.00. The fraction of sp³-hybridized carbons (Fsp3) is 0. The molecule has 0 atom stereocenters. The molecule has 3 aromatic rings. The van der Waals surface area contributed by atoms with Crippen molar-refractivity contribution < 1.29 is 4.39 Å². The van der Waals surface area contributed by atoms with Crippen LogP contribution in [0.5, 0.6) is 0 Å². The quantitative estimate of drug-likeness (QED) is 0.617. The van der Waals surface area contributed by atoms with Crippen LogP contribution in [0.25, 0.3) is 16.7 Å². The summed E-state index contributed by atoms with van der Waals surface area (Å²) in [5, 5.41) is 0.877. The minimum absolute atomic E-state index is 0.336. The molecule has 1 heterocycles. The van der Waals surface area contributed by atoms with Crippen LogP contribution in [0.4, 0.5) is 4.39 Å². The number of rotatable bonds is 1. The van der Waals surface area contributed by atoms with E-state index in [1.54, 1.807) is 28.8 Å². The molecule has 96 valence electrons. The largest absolute Gasteiger partial charge is 0.329 e. The van der Waals surface area contributed by atoms with Crippen LogP contribution in [-0.4, -0.2) is 9.55 Å². The van der Waals surface area contributed by atoms with Crippen molar-refractivity contribution in [3.63, 3.8) is 0 Å². The zero-order valence-electron chi connectivity index (χ0n) is 9.45. The highest BCUT2D eigenvalue weighted by atomic mass is 35.5. The van der Waals surface area contributed by atoms with Gasteiger partial charge in [0.05, 0.1) is 21.7 Å². The molecule has 19 heavy (non-hydrogen) atoms. The molecule has 0 fully saturated rings. The van der Waals surface area contributed by atoms with Gasteiger partial charge >= 0.3 is 0 Å². The molecule has 3 rings (SSSR count). The molecule has 1 N–H and O–H groups in total. The molecule has 0 unspecified atom stereocenters. The molecule has 2 nitrogen and oxygen atoms in total. The van der Waals surface area contributed by atoms with E-state index in [0.717, 1.165) is 5.52 Å². The van der Waals surface area contributed by atoms with E-state index < -0.39 is 5.82 Å². The molecule has 0 saturated carbocycles. The number of fused-ring (bicyclic) bond motifs is 1. The molecule has 0 aliphatic carbocycles. The van der Waals surface area contributed by atoms with Crippen molar-refractivity contribution in [3.05, 3.63) is 57.0 Å². The van der Waals surface area contributed by atoms with Crippen molar-refractivity contribution in [1.82, 2.24) is 9.55 Å². The Morgan fingerprint density at radius 3 is 2.68 bits per heavy atom. The third-order valence-electron chi connectivity index (χ3n) is 2.82. The number of H-pyrrole nitrogens is 1. The highest BCUT2D eigenvalue weighted by Gasteiger charge is 2.12. The summed E-state index contributed by atoms with van der Waals surface area (Å²) in [6, 6.07) is 9.81. The van der Waals surface area contributed by atoms with E-state index in [-0.39, 0.29) is 0 Å². The van der Waals surface area contributed by atoms with Gasteiger partial charge in [-0.1, -0.05) is 29.3 Å². The summed E-state index contributed by atoms with van der Waals surface area (Å²) in [4.78, 5) is 2.98. The normalized spacial score (nSPS) is 11.1. The van der Waals surface area contributed by atoms with E-state index in [9.17, 15) is 4.39 Å². The lowest BCUT2D eigenvalue weighted by Crippen LogP contribution is -1.97. The van der Waals surface area contributed by atoms with Gasteiger partial charge in [-0.05, 0) is 42.5 Å². The lowest BCUT2D eigenvalue weighted by Gasteiger charge is -2.06. The van der Waals surface area contributed by atoms with Crippen LogP contribution in [0.15, 0.2) is 36.4 Å². The third kappa shape index (κ3) is 2.06. The maximum absolute atomic E-state index is 14.0. The summed E-state index contributed by atoms with van der Waals surface area (Å²) in [7, 11) is 0. The zero-order valence-corrected chi connectivity index (χ0v) is 11.8. The van der Waals surface area contributed by atoms with Crippen LogP contribution in [0.3, 0.4) is 0 Å². The second kappa shape index (κ2) is 4.63. The predicted octanol–water partition coefficient (Wildman–Crippen LogP) is 5.13. The van der Waals surface area contributed by atoms with Gasteiger partial charge in [-0.3, -0.25) is 4.57 Å². The first-order valence-corrected chi connectivity index (χ1v) is 6.59. The number of para-hydroxylation sites is 1. The predicted molar refractivity (Wildman–Crippen MR) is 78.4 cm³/mol. The first-order chi connectivity index (χ1) is 9.08. The van der Waals surface area contributed by atoms with Gasteiger partial charge in [0.2, 0.25) is 0 Å². The van der Waals surface area contributed by atoms with Crippen LogP contribution >= 0.6 is 35.4 Å². The number of hydrogen-bond acceptors (Lipinski definition) is 1. The number of nitrogens with zero attached hydrogens (tertiary/aromatic N) is 1. The van der Waals surface area contributed by atoms with Gasteiger partial charge in [-0.15, -0.1) is 0 Å². The molecule has 0 amide bonds. The van der Waals surface area contributed by atoms with Crippen molar-refractivity contribution in [2.45, 2.75) is 0 Å². The number of halogens is 3. The summed E-state index contributed by atoms with van der Waals surface area (Å²) < 4.78 is 16.0. The van der Waals surface area contributed by atoms with Gasteiger partial charge in [-0.2, -0.15) is 0 Å². The fourth-order valence-corrected chi connectivity index (χ4v) is 2.67. The molecular weight excluding hydrogens is 306 g/mol. The Bertz CT molecular complexity index is 838. The van der Waals surface area contributed by atoms with Gasteiger partial charge in [-0.25, -0.2) is 4.39 Å². The lowest BCUT2D eigenvalue weighted by atomic mass is 10.2. The van der Waals surface area contributed by atoms with Crippen LogP contribution in [0, 0.1) is 10.6 Å². The Kier molecular flexibility index (Phi) is 3.09. The van der Waals surface area contributed by atoms with Crippen molar-refractivity contribution in [2.75, 3.05) is 0 Å². The highest BCUT2D eigenvalue weighted by molar-refractivity contribution is 7.71. The average Bonchev–Trinajstić information content (AvgIpc) is 2.68. The monoisotopic (exact) mass is 312 g/mol. The maximum atomic E-state index is 14.0. The highest BCUT2D eigenvalue weighted by Crippen LogP contribution is 2.27. The third-order valence-corrected chi connectivity index (χ3v) is 3.65.